The van der Waals surface area contributed by atoms with Crippen LogP contribution in [0.4, 0.5) is 0 Å². The molecule has 1 aromatic carbocycles. The third-order valence-corrected chi connectivity index (χ3v) is 3.07. The first kappa shape index (κ1) is 12.1. The molecule has 0 aliphatic rings. The molecular formula is C11H14N2O3S. The number of aromatic nitrogens is 1. The number of nitrogens with zero attached hydrogens (tertiary/aromatic N) is 1. The summed E-state index contributed by atoms with van der Waals surface area (Å²) in [6.07, 6.45) is 1.13. The van der Waals surface area contributed by atoms with Crippen molar-refractivity contribution in [2.24, 2.45) is 0 Å². The first-order valence-electron chi connectivity index (χ1n) is 5.26. The maximum atomic E-state index is 11.0. The standard InChI is InChI=1S/C11H14N2O3S/c1-8(7-12-17(2,14)15)11-13-9-5-3-4-6-10(9)16-11/h3-6,8,12H,7H2,1-2H3/t8-/m0/s1. The molecule has 0 saturated heterocycles. The van der Waals surface area contributed by atoms with Crippen molar-refractivity contribution in [3.05, 3.63) is 30.2 Å². The Morgan fingerprint density at radius 1 is 1.41 bits per heavy atom. The molecule has 6 heteroatoms. The molecule has 0 spiro atoms. The molecule has 1 aromatic heterocycles. The lowest BCUT2D eigenvalue weighted by molar-refractivity contribution is 0.480. The fourth-order valence-corrected chi connectivity index (χ4v) is 2.02. The Balaban J connectivity index is 2.16. The minimum Gasteiger partial charge on any atom is -0.440 e. The van der Waals surface area contributed by atoms with Crippen molar-refractivity contribution in [1.29, 1.82) is 0 Å². The van der Waals surface area contributed by atoms with E-state index in [9.17, 15) is 8.42 Å². The van der Waals surface area contributed by atoms with Crippen LogP contribution in [0.1, 0.15) is 18.7 Å². The molecule has 0 fully saturated rings. The Morgan fingerprint density at radius 2 is 2.12 bits per heavy atom. The van der Waals surface area contributed by atoms with Gasteiger partial charge in [-0.15, -0.1) is 0 Å². The molecule has 5 nitrogen and oxygen atoms in total. The van der Waals surface area contributed by atoms with Gasteiger partial charge in [0, 0.05) is 12.5 Å². The molecule has 2 aromatic rings. The minimum atomic E-state index is -3.18. The molecule has 1 N–H and O–H groups in total. The molecule has 0 unspecified atom stereocenters. The average Bonchev–Trinajstić information content (AvgIpc) is 2.68. The van der Waals surface area contributed by atoms with Crippen LogP contribution in [0.2, 0.25) is 0 Å². The molecule has 0 bridgehead atoms. The van der Waals surface area contributed by atoms with Crippen molar-refractivity contribution >= 4 is 21.1 Å². The van der Waals surface area contributed by atoms with Gasteiger partial charge in [-0.1, -0.05) is 19.1 Å². The highest BCUT2D eigenvalue weighted by Crippen LogP contribution is 2.20. The van der Waals surface area contributed by atoms with Crippen LogP contribution in [-0.4, -0.2) is 26.2 Å². The molecule has 92 valence electrons. The second kappa shape index (κ2) is 4.46. The highest BCUT2D eigenvalue weighted by molar-refractivity contribution is 7.88. The van der Waals surface area contributed by atoms with E-state index in [1.54, 1.807) is 0 Å². The molecule has 17 heavy (non-hydrogen) atoms. The third kappa shape index (κ3) is 3.04. The largest absolute Gasteiger partial charge is 0.440 e. The maximum absolute atomic E-state index is 11.0. The van der Waals surface area contributed by atoms with E-state index in [2.05, 4.69) is 9.71 Å². The van der Waals surface area contributed by atoms with E-state index in [0.29, 0.717) is 11.5 Å². The van der Waals surface area contributed by atoms with Crippen molar-refractivity contribution in [3.63, 3.8) is 0 Å². The van der Waals surface area contributed by atoms with Gasteiger partial charge in [-0.05, 0) is 12.1 Å². The molecule has 1 atom stereocenters. The fourth-order valence-electron chi connectivity index (χ4n) is 1.46. The van der Waals surface area contributed by atoms with Gasteiger partial charge in [0.15, 0.2) is 11.5 Å². The summed E-state index contributed by atoms with van der Waals surface area (Å²) in [6, 6.07) is 7.45. The molecule has 0 amide bonds. The summed E-state index contributed by atoms with van der Waals surface area (Å²) in [5.74, 6) is 0.444. The van der Waals surface area contributed by atoms with Gasteiger partial charge in [0.1, 0.15) is 5.52 Å². The molecule has 2 rings (SSSR count). The first-order chi connectivity index (χ1) is 7.96. The van der Waals surface area contributed by atoms with Crippen LogP contribution >= 0.6 is 0 Å². The Kier molecular flexibility index (Phi) is 3.17. The van der Waals surface area contributed by atoms with Crippen LogP contribution in [0.5, 0.6) is 0 Å². The predicted octanol–water partition coefficient (Wildman–Crippen LogP) is 1.48. The number of oxazole rings is 1. The summed E-state index contributed by atoms with van der Waals surface area (Å²) >= 11 is 0. The summed E-state index contributed by atoms with van der Waals surface area (Å²) < 4.78 is 29.9. The number of nitrogens with one attached hydrogen (secondary N) is 1. The van der Waals surface area contributed by atoms with Crippen LogP contribution in [0.15, 0.2) is 28.7 Å². The average molecular weight is 254 g/mol. The number of hydrogen-bond acceptors (Lipinski definition) is 4. The van der Waals surface area contributed by atoms with Gasteiger partial charge in [0.05, 0.1) is 6.26 Å². The van der Waals surface area contributed by atoms with E-state index in [4.69, 9.17) is 4.42 Å². The maximum Gasteiger partial charge on any atom is 0.208 e. The zero-order valence-corrected chi connectivity index (χ0v) is 10.5. The van der Waals surface area contributed by atoms with Gasteiger partial charge in [0.25, 0.3) is 0 Å². The SMILES string of the molecule is C[C@@H](CNS(C)(=O)=O)c1nc2ccccc2o1. The number of rotatable bonds is 4. The van der Waals surface area contributed by atoms with Gasteiger partial charge < -0.3 is 4.42 Å². The molecule has 0 aliphatic heterocycles. The zero-order valence-electron chi connectivity index (χ0n) is 9.67. The van der Waals surface area contributed by atoms with Crippen molar-refractivity contribution in [2.45, 2.75) is 12.8 Å². The van der Waals surface area contributed by atoms with Crippen molar-refractivity contribution in [2.75, 3.05) is 12.8 Å². The summed E-state index contributed by atoms with van der Waals surface area (Å²) in [5, 5.41) is 0. The first-order valence-corrected chi connectivity index (χ1v) is 7.15. The smallest absolute Gasteiger partial charge is 0.208 e. The number of para-hydroxylation sites is 2. The minimum absolute atomic E-state index is 0.0999. The van der Waals surface area contributed by atoms with Gasteiger partial charge in [-0.25, -0.2) is 18.1 Å². The molecule has 0 aliphatic carbocycles. The summed E-state index contributed by atoms with van der Waals surface area (Å²) in [5.41, 5.74) is 1.50. The van der Waals surface area contributed by atoms with Crippen molar-refractivity contribution in [1.82, 2.24) is 9.71 Å². The van der Waals surface area contributed by atoms with E-state index < -0.39 is 10.0 Å². The van der Waals surface area contributed by atoms with E-state index in [0.717, 1.165) is 11.8 Å². The quantitative estimate of drug-likeness (QED) is 0.897. The second-order valence-corrected chi connectivity index (χ2v) is 5.87. The lowest BCUT2D eigenvalue weighted by Crippen LogP contribution is -2.26. The number of fused-ring (bicyclic) bond motifs is 1. The molecular weight excluding hydrogens is 240 g/mol. The monoisotopic (exact) mass is 254 g/mol. The number of hydrogen-bond donors (Lipinski definition) is 1. The van der Waals surface area contributed by atoms with Crippen molar-refractivity contribution < 1.29 is 12.8 Å². The van der Waals surface area contributed by atoms with Gasteiger partial charge in [0.2, 0.25) is 10.0 Å². The van der Waals surface area contributed by atoms with E-state index in [1.165, 1.54) is 0 Å². The van der Waals surface area contributed by atoms with Crippen LogP contribution in [0.3, 0.4) is 0 Å². The van der Waals surface area contributed by atoms with E-state index >= 15 is 0 Å². The van der Waals surface area contributed by atoms with E-state index in [1.807, 2.05) is 31.2 Å². The van der Waals surface area contributed by atoms with Crippen LogP contribution in [0.25, 0.3) is 11.1 Å². The third-order valence-electron chi connectivity index (χ3n) is 2.38. The van der Waals surface area contributed by atoms with E-state index in [-0.39, 0.29) is 12.5 Å². The van der Waals surface area contributed by atoms with Crippen LogP contribution in [-0.2, 0) is 10.0 Å². The Labute approximate surface area is 99.9 Å². The lowest BCUT2D eigenvalue weighted by Gasteiger charge is -2.06. The van der Waals surface area contributed by atoms with Gasteiger partial charge in [-0.3, -0.25) is 0 Å². The zero-order chi connectivity index (χ0) is 12.5. The number of sulfonamides is 1. The van der Waals surface area contributed by atoms with Crippen molar-refractivity contribution in [3.8, 4) is 0 Å². The number of benzene rings is 1. The van der Waals surface area contributed by atoms with Gasteiger partial charge in [-0.2, -0.15) is 0 Å². The lowest BCUT2D eigenvalue weighted by atomic mass is 10.2. The summed E-state index contributed by atoms with van der Waals surface area (Å²) in [4.78, 5) is 4.31. The highest BCUT2D eigenvalue weighted by Gasteiger charge is 2.14. The Morgan fingerprint density at radius 3 is 2.76 bits per heavy atom. The topological polar surface area (TPSA) is 72.2 Å². The highest BCUT2D eigenvalue weighted by atomic mass is 32.2. The normalized spacial score (nSPS) is 14.0. The second-order valence-electron chi connectivity index (χ2n) is 4.04. The molecule has 0 radical (unpaired) electrons. The van der Waals surface area contributed by atoms with Crippen LogP contribution in [0, 0.1) is 0 Å². The Bertz CT molecular complexity index is 585. The predicted molar refractivity (Wildman–Crippen MR) is 65.3 cm³/mol. The summed E-state index contributed by atoms with van der Waals surface area (Å²) in [7, 11) is -3.18. The van der Waals surface area contributed by atoms with Gasteiger partial charge >= 0.3 is 0 Å². The molecule has 1 heterocycles. The Hall–Kier alpha value is -1.40. The van der Waals surface area contributed by atoms with Crippen LogP contribution < -0.4 is 4.72 Å². The molecule has 0 saturated carbocycles. The summed E-state index contributed by atoms with van der Waals surface area (Å²) in [6.45, 7) is 2.15. The fraction of sp³-hybridized carbons (Fsp3) is 0.364.